The average molecular weight is 252 g/mol. The molecular weight excluding hydrogens is 228 g/mol. The van der Waals surface area contributed by atoms with Crippen LogP contribution in [0.4, 0.5) is 0 Å². The highest BCUT2D eigenvalue weighted by atomic mass is 28.4. The van der Waals surface area contributed by atoms with Gasteiger partial charge >= 0.3 is 0 Å². The first-order valence-corrected chi connectivity index (χ1v) is 8.78. The maximum atomic E-state index is 11.5. The van der Waals surface area contributed by atoms with E-state index in [2.05, 4.69) is 46.4 Å². The van der Waals surface area contributed by atoms with Gasteiger partial charge in [0.2, 0.25) is 5.78 Å². The third-order valence-corrected chi connectivity index (χ3v) is 7.99. The van der Waals surface area contributed by atoms with E-state index >= 15 is 0 Å². The summed E-state index contributed by atoms with van der Waals surface area (Å²) < 4.78 is 6.14. The van der Waals surface area contributed by atoms with Gasteiger partial charge in [0.1, 0.15) is 0 Å². The van der Waals surface area contributed by atoms with Crippen molar-refractivity contribution in [3.8, 4) is 12.3 Å². The Balaban J connectivity index is 4.91. The number of terminal acetylenes is 1. The summed E-state index contributed by atoms with van der Waals surface area (Å²) in [5, 5.41) is 0.104. The van der Waals surface area contributed by atoms with E-state index < -0.39 is 8.32 Å². The van der Waals surface area contributed by atoms with Crippen LogP contribution >= 0.6 is 0 Å². The Morgan fingerprint density at radius 2 is 1.94 bits per heavy atom. The zero-order chi connectivity index (χ0) is 13.9. The largest absolute Gasteiger partial charge is 0.410 e. The van der Waals surface area contributed by atoms with E-state index in [1.165, 1.54) is 0 Å². The second-order valence-electron chi connectivity index (χ2n) is 5.88. The van der Waals surface area contributed by atoms with Crippen LogP contribution in [0.1, 0.15) is 27.7 Å². The number of hydrogen-bond acceptors (Lipinski definition) is 2. The molecule has 0 rings (SSSR count). The molecule has 3 heteroatoms. The molecule has 0 aromatic heterocycles. The van der Waals surface area contributed by atoms with Gasteiger partial charge in [-0.15, -0.1) is 13.0 Å². The maximum Gasteiger partial charge on any atom is 0.210 e. The van der Waals surface area contributed by atoms with E-state index in [-0.39, 0.29) is 22.8 Å². The van der Waals surface area contributed by atoms with E-state index in [1.54, 1.807) is 13.0 Å². The number of carbonyl (C=O) groups excluding carboxylic acids is 1. The summed E-state index contributed by atoms with van der Waals surface area (Å²) in [5.74, 6) is 1.60. The third kappa shape index (κ3) is 4.14. The standard InChI is InChI=1S/C14H24O2Si/c1-9-12(15)11(3)13(10-2)16-17(7,8)14(4,5)6/h1,10-11,13H,2H2,3-8H3/t11-,13-/m1/s1. The van der Waals surface area contributed by atoms with Gasteiger partial charge in [0.25, 0.3) is 0 Å². The minimum Gasteiger partial charge on any atom is -0.410 e. The van der Waals surface area contributed by atoms with Crippen molar-refractivity contribution in [3.05, 3.63) is 12.7 Å². The molecule has 0 spiro atoms. The lowest BCUT2D eigenvalue weighted by Gasteiger charge is -2.39. The van der Waals surface area contributed by atoms with Crippen molar-refractivity contribution < 1.29 is 9.22 Å². The smallest absolute Gasteiger partial charge is 0.210 e. The molecule has 17 heavy (non-hydrogen) atoms. The predicted octanol–water partition coefficient (Wildman–Crippen LogP) is 3.40. The van der Waals surface area contributed by atoms with E-state index in [1.807, 2.05) is 0 Å². The van der Waals surface area contributed by atoms with Crippen LogP contribution in [0.3, 0.4) is 0 Å². The fourth-order valence-electron chi connectivity index (χ4n) is 1.15. The van der Waals surface area contributed by atoms with Gasteiger partial charge in [-0.2, -0.15) is 0 Å². The molecule has 0 bridgehead atoms. The lowest BCUT2D eigenvalue weighted by atomic mass is 10.0. The van der Waals surface area contributed by atoms with E-state index in [9.17, 15) is 4.79 Å². The Labute approximate surface area is 107 Å². The Bertz CT molecular complexity index is 331. The lowest BCUT2D eigenvalue weighted by molar-refractivity contribution is -0.118. The monoisotopic (exact) mass is 252 g/mol. The van der Waals surface area contributed by atoms with Crippen LogP contribution in [-0.2, 0) is 9.22 Å². The summed E-state index contributed by atoms with van der Waals surface area (Å²) in [6, 6.07) is 0. The fourth-order valence-corrected chi connectivity index (χ4v) is 2.49. The molecule has 2 atom stereocenters. The van der Waals surface area contributed by atoms with Crippen molar-refractivity contribution >= 4 is 14.1 Å². The lowest BCUT2D eigenvalue weighted by Crippen LogP contribution is -2.45. The summed E-state index contributed by atoms with van der Waals surface area (Å²) in [5.41, 5.74) is 0. The van der Waals surface area contributed by atoms with Crippen molar-refractivity contribution in [2.75, 3.05) is 0 Å². The minimum atomic E-state index is -1.90. The highest BCUT2D eigenvalue weighted by Gasteiger charge is 2.40. The van der Waals surface area contributed by atoms with Gasteiger partial charge in [-0.3, -0.25) is 4.79 Å². The molecule has 0 unspecified atom stereocenters. The summed E-state index contributed by atoms with van der Waals surface area (Å²) in [6.45, 7) is 16.3. The Morgan fingerprint density at radius 1 is 1.47 bits per heavy atom. The molecule has 0 aliphatic carbocycles. The second-order valence-corrected chi connectivity index (χ2v) is 10.6. The van der Waals surface area contributed by atoms with Gasteiger partial charge in [-0.05, 0) is 24.1 Å². The normalized spacial score (nSPS) is 15.8. The Morgan fingerprint density at radius 3 is 2.24 bits per heavy atom. The molecule has 0 saturated carbocycles. The van der Waals surface area contributed by atoms with Crippen LogP contribution < -0.4 is 0 Å². The summed E-state index contributed by atoms with van der Waals surface area (Å²) in [7, 11) is -1.90. The molecular formula is C14H24O2Si. The number of hydrogen-bond donors (Lipinski definition) is 0. The van der Waals surface area contributed by atoms with Crippen molar-refractivity contribution in [1.29, 1.82) is 0 Å². The molecule has 0 N–H and O–H groups in total. The van der Waals surface area contributed by atoms with Crippen LogP contribution in [0, 0.1) is 18.3 Å². The van der Waals surface area contributed by atoms with Gasteiger partial charge in [0.05, 0.1) is 12.0 Å². The molecule has 0 aromatic rings. The maximum absolute atomic E-state index is 11.5. The predicted molar refractivity (Wildman–Crippen MR) is 75.3 cm³/mol. The van der Waals surface area contributed by atoms with Crippen LogP contribution in [0.2, 0.25) is 18.1 Å². The number of Topliss-reactive ketones (excluding diaryl/α,β-unsaturated/α-hetero) is 1. The first-order valence-electron chi connectivity index (χ1n) is 5.87. The average Bonchev–Trinajstić information content (AvgIpc) is 2.22. The van der Waals surface area contributed by atoms with Gasteiger partial charge < -0.3 is 4.43 Å². The molecule has 0 heterocycles. The zero-order valence-electron chi connectivity index (χ0n) is 11.8. The molecule has 2 nitrogen and oxygen atoms in total. The van der Waals surface area contributed by atoms with Crippen molar-refractivity contribution in [2.45, 2.75) is 51.9 Å². The van der Waals surface area contributed by atoms with E-state index in [0.717, 1.165) is 0 Å². The van der Waals surface area contributed by atoms with Crippen molar-refractivity contribution in [3.63, 3.8) is 0 Å². The van der Waals surface area contributed by atoms with Gasteiger partial charge in [-0.1, -0.05) is 33.8 Å². The third-order valence-electron chi connectivity index (χ3n) is 3.52. The summed E-state index contributed by atoms with van der Waals surface area (Å²) >= 11 is 0. The molecule has 0 fully saturated rings. The van der Waals surface area contributed by atoms with Crippen molar-refractivity contribution in [2.24, 2.45) is 5.92 Å². The second kappa shape index (κ2) is 5.66. The van der Waals surface area contributed by atoms with E-state index in [0.29, 0.717) is 0 Å². The number of rotatable bonds is 5. The van der Waals surface area contributed by atoms with Crippen LogP contribution in [0.25, 0.3) is 0 Å². The van der Waals surface area contributed by atoms with Crippen molar-refractivity contribution in [1.82, 2.24) is 0 Å². The molecule has 0 amide bonds. The van der Waals surface area contributed by atoms with Crippen LogP contribution in [0.15, 0.2) is 12.7 Å². The quantitative estimate of drug-likeness (QED) is 0.324. The molecule has 0 aliphatic heterocycles. The topological polar surface area (TPSA) is 26.3 Å². The molecule has 0 aliphatic rings. The van der Waals surface area contributed by atoms with Crippen LogP contribution in [-0.4, -0.2) is 20.2 Å². The highest BCUT2D eigenvalue weighted by molar-refractivity contribution is 6.74. The van der Waals surface area contributed by atoms with Crippen LogP contribution in [0.5, 0.6) is 0 Å². The highest BCUT2D eigenvalue weighted by Crippen LogP contribution is 2.38. The molecule has 0 saturated heterocycles. The SMILES string of the molecule is C#CC(=O)[C@@H](C)[C@@H](C=C)O[Si](C)(C)C(C)(C)C. The number of ketones is 1. The molecule has 96 valence electrons. The Hall–Kier alpha value is -0.853. The summed E-state index contributed by atoms with van der Waals surface area (Å²) in [4.78, 5) is 11.5. The van der Waals surface area contributed by atoms with Gasteiger partial charge in [0, 0.05) is 0 Å². The fraction of sp³-hybridized carbons (Fsp3) is 0.643. The summed E-state index contributed by atoms with van der Waals surface area (Å²) in [6.07, 6.45) is 6.53. The van der Waals surface area contributed by atoms with Gasteiger partial charge in [-0.25, -0.2) is 0 Å². The first-order chi connectivity index (χ1) is 7.56. The minimum absolute atomic E-state index is 0.104. The van der Waals surface area contributed by atoms with Gasteiger partial charge in [0.15, 0.2) is 8.32 Å². The first kappa shape index (κ1) is 16.1. The number of carbonyl (C=O) groups is 1. The Kier molecular flexibility index (Phi) is 5.37. The van der Waals surface area contributed by atoms with E-state index in [4.69, 9.17) is 10.8 Å². The molecule has 0 radical (unpaired) electrons. The zero-order valence-corrected chi connectivity index (χ0v) is 12.8. The molecule has 0 aromatic carbocycles.